The van der Waals surface area contributed by atoms with Crippen LogP contribution in [0.5, 0.6) is 0 Å². The van der Waals surface area contributed by atoms with Crippen molar-refractivity contribution in [3.05, 3.63) is 89.0 Å². The van der Waals surface area contributed by atoms with E-state index in [0.717, 1.165) is 15.4 Å². The number of para-hydroxylation sites is 2. The number of anilines is 2. The molecule has 1 aliphatic heterocycles. The molecule has 0 fully saturated rings. The first-order valence-corrected chi connectivity index (χ1v) is 12.8. The molecule has 0 aliphatic carbocycles. The van der Waals surface area contributed by atoms with E-state index in [1.165, 1.54) is 4.90 Å². The van der Waals surface area contributed by atoms with Crippen LogP contribution in [0, 0.1) is 20.8 Å². The molecule has 8 heteroatoms. The molecule has 3 aromatic rings. The van der Waals surface area contributed by atoms with Gasteiger partial charge in [0.2, 0.25) is 5.91 Å². The largest absolute Gasteiger partial charge is 0.352 e. The van der Waals surface area contributed by atoms with Gasteiger partial charge in [0.15, 0.2) is 0 Å². The van der Waals surface area contributed by atoms with E-state index < -0.39 is 27.9 Å². The van der Waals surface area contributed by atoms with E-state index >= 15 is 0 Å². The molecule has 182 valence electrons. The highest BCUT2D eigenvalue weighted by molar-refractivity contribution is 7.93. The Kier molecular flexibility index (Phi) is 6.67. The molecule has 1 unspecified atom stereocenters. The molecule has 0 aromatic heterocycles. The number of hydrogen-bond acceptors (Lipinski definition) is 4. The van der Waals surface area contributed by atoms with Crippen molar-refractivity contribution in [2.45, 2.75) is 44.7 Å². The third kappa shape index (κ3) is 4.66. The summed E-state index contributed by atoms with van der Waals surface area (Å²) in [5.74, 6) is -0.859. The van der Waals surface area contributed by atoms with Crippen LogP contribution in [-0.2, 0) is 26.2 Å². The van der Waals surface area contributed by atoms with Gasteiger partial charge in [-0.25, -0.2) is 8.42 Å². The number of likely N-dealkylation sites (N-methyl/N-ethyl adjacent to an activating group) is 1. The van der Waals surface area contributed by atoms with Crippen LogP contribution in [0.25, 0.3) is 0 Å². The Morgan fingerprint density at radius 1 is 0.914 bits per heavy atom. The molecule has 1 N–H and O–H groups in total. The lowest BCUT2D eigenvalue weighted by Crippen LogP contribution is -2.56. The molecule has 0 spiro atoms. The maximum Gasteiger partial charge on any atom is 0.265 e. The molecule has 2 amide bonds. The van der Waals surface area contributed by atoms with E-state index in [0.29, 0.717) is 22.5 Å². The Bertz CT molecular complexity index is 1360. The van der Waals surface area contributed by atoms with E-state index in [2.05, 4.69) is 5.32 Å². The van der Waals surface area contributed by atoms with E-state index in [4.69, 9.17) is 0 Å². The van der Waals surface area contributed by atoms with Gasteiger partial charge in [-0.15, -0.1) is 0 Å². The van der Waals surface area contributed by atoms with E-state index in [1.54, 1.807) is 45.2 Å². The monoisotopic (exact) mass is 491 g/mol. The van der Waals surface area contributed by atoms with Gasteiger partial charge < -0.3 is 10.2 Å². The van der Waals surface area contributed by atoms with Gasteiger partial charge in [-0.2, -0.15) is 0 Å². The second-order valence-electron chi connectivity index (χ2n) is 8.90. The van der Waals surface area contributed by atoms with Crippen LogP contribution in [0.2, 0.25) is 0 Å². The molecule has 35 heavy (non-hydrogen) atoms. The van der Waals surface area contributed by atoms with Crippen LogP contribution in [0.3, 0.4) is 0 Å². The van der Waals surface area contributed by atoms with Gasteiger partial charge in [0.25, 0.3) is 15.9 Å². The summed E-state index contributed by atoms with van der Waals surface area (Å²) in [6.45, 7) is 5.69. The summed E-state index contributed by atoms with van der Waals surface area (Å²) in [5, 5.41) is 2.82. The van der Waals surface area contributed by atoms with Gasteiger partial charge in [-0.1, -0.05) is 60.2 Å². The number of benzene rings is 3. The summed E-state index contributed by atoms with van der Waals surface area (Å²) in [5.41, 5.74) is 3.90. The van der Waals surface area contributed by atoms with Crippen molar-refractivity contribution in [3.63, 3.8) is 0 Å². The molecule has 0 saturated carbocycles. The van der Waals surface area contributed by atoms with Crippen molar-refractivity contribution < 1.29 is 18.0 Å². The van der Waals surface area contributed by atoms with Crippen LogP contribution in [0.15, 0.2) is 71.6 Å². The van der Waals surface area contributed by atoms with Gasteiger partial charge in [-0.3, -0.25) is 13.9 Å². The predicted molar refractivity (Wildman–Crippen MR) is 137 cm³/mol. The Morgan fingerprint density at radius 2 is 1.49 bits per heavy atom. The van der Waals surface area contributed by atoms with E-state index in [-0.39, 0.29) is 17.9 Å². The van der Waals surface area contributed by atoms with Crippen LogP contribution in [0.1, 0.15) is 28.7 Å². The fraction of sp³-hybridized carbons (Fsp3) is 0.259. The smallest absolute Gasteiger partial charge is 0.265 e. The maximum atomic E-state index is 14.1. The number of amides is 2. The lowest BCUT2D eigenvalue weighted by atomic mass is 10.1. The van der Waals surface area contributed by atoms with Gasteiger partial charge in [-0.05, 0) is 49.6 Å². The minimum absolute atomic E-state index is 0.157. The Balaban J connectivity index is 1.76. The second kappa shape index (κ2) is 9.54. The first kappa shape index (κ1) is 24.5. The minimum Gasteiger partial charge on any atom is -0.352 e. The Morgan fingerprint density at radius 3 is 2.11 bits per heavy atom. The van der Waals surface area contributed by atoms with Crippen molar-refractivity contribution in [2.75, 3.05) is 16.3 Å². The predicted octanol–water partition coefficient (Wildman–Crippen LogP) is 3.86. The summed E-state index contributed by atoms with van der Waals surface area (Å²) < 4.78 is 29.4. The highest BCUT2D eigenvalue weighted by Gasteiger charge is 2.45. The number of aryl methyl sites for hydroxylation is 3. The maximum absolute atomic E-state index is 14.1. The Hall–Kier alpha value is -3.65. The number of carbonyl (C=O) groups excluding carboxylic acids is 2. The number of carbonyl (C=O) groups is 2. The zero-order valence-corrected chi connectivity index (χ0v) is 21.1. The normalized spacial score (nSPS) is 15.7. The molecule has 0 bridgehead atoms. The topological polar surface area (TPSA) is 86.8 Å². The summed E-state index contributed by atoms with van der Waals surface area (Å²) in [4.78, 5) is 28.0. The third-order valence-corrected chi connectivity index (χ3v) is 8.34. The van der Waals surface area contributed by atoms with Gasteiger partial charge >= 0.3 is 0 Å². The molecular formula is C27H29N3O4S. The fourth-order valence-corrected chi connectivity index (χ4v) is 6.77. The van der Waals surface area contributed by atoms with E-state index in [9.17, 15) is 18.0 Å². The van der Waals surface area contributed by atoms with Crippen molar-refractivity contribution in [1.29, 1.82) is 0 Å². The Labute approximate surface area is 206 Å². The zero-order chi connectivity index (χ0) is 25.3. The molecule has 1 heterocycles. The van der Waals surface area contributed by atoms with Crippen LogP contribution >= 0.6 is 0 Å². The van der Waals surface area contributed by atoms with Crippen molar-refractivity contribution in [3.8, 4) is 0 Å². The number of rotatable bonds is 6. The minimum atomic E-state index is -4.17. The fourth-order valence-electron chi connectivity index (χ4n) is 4.73. The van der Waals surface area contributed by atoms with Gasteiger partial charge in [0, 0.05) is 13.6 Å². The molecule has 0 saturated heterocycles. The van der Waals surface area contributed by atoms with Crippen molar-refractivity contribution >= 4 is 33.2 Å². The average molecular weight is 492 g/mol. The number of fused-ring (bicyclic) bond motifs is 1. The molecule has 7 nitrogen and oxygen atoms in total. The third-order valence-electron chi connectivity index (χ3n) is 6.21. The first-order valence-electron chi connectivity index (χ1n) is 11.4. The molecule has 1 aliphatic rings. The highest BCUT2D eigenvalue weighted by atomic mass is 32.2. The summed E-state index contributed by atoms with van der Waals surface area (Å²) in [6.07, 6.45) is -0.298. The summed E-state index contributed by atoms with van der Waals surface area (Å²) >= 11 is 0. The van der Waals surface area contributed by atoms with Gasteiger partial charge in [0.05, 0.1) is 22.7 Å². The van der Waals surface area contributed by atoms with E-state index in [1.807, 2.05) is 49.4 Å². The lowest BCUT2D eigenvalue weighted by Gasteiger charge is -2.40. The summed E-state index contributed by atoms with van der Waals surface area (Å²) in [7, 11) is -2.57. The van der Waals surface area contributed by atoms with Crippen molar-refractivity contribution in [2.24, 2.45) is 0 Å². The van der Waals surface area contributed by atoms with Gasteiger partial charge in [0.1, 0.15) is 6.04 Å². The quantitative estimate of drug-likeness (QED) is 0.567. The number of nitrogens with one attached hydrogen (secondary N) is 1. The van der Waals surface area contributed by atoms with Crippen LogP contribution < -0.4 is 14.5 Å². The summed E-state index contributed by atoms with van der Waals surface area (Å²) in [6, 6.07) is 18.7. The SMILES string of the molecule is Cc1cc(C)c(S(=O)(=O)N2c3ccccc3N(C)C(=O)C2CC(=O)NCc2ccccc2)c(C)c1. The average Bonchev–Trinajstić information content (AvgIpc) is 2.80. The number of sulfonamides is 1. The molecule has 0 radical (unpaired) electrons. The number of hydrogen-bond donors (Lipinski definition) is 1. The molecular weight excluding hydrogens is 462 g/mol. The molecule has 4 rings (SSSR count). The second-order valence-corrected chi connectivity index (χ2v) is 10.6. The number of nitrogens with zero attached hydrogens (tertiary/aromatic N) is 2. The highest BCUT2D eigenvalue weighted by Crippen LogP contribution is 2.40. The van der Waals surface area contributed by atoms with Crippen LogP contribution in [0.4, 0.5) is 11.4 Å². The molecule has 3 aromatic carbocycles. The lowest BCUT2D eigenvalue weighted by molar-refractivity contribution is -0.126. The molecule has 1 atom stereocenters. The standard InChI is InChI=1S/C27H29N3O4S/c1-18-14-19(2)26(20(3)15-18)35(33,34)30-23-13-9-8-12-22(23)29(4)27(32)24(30)16-25(31)28-17-21-10-6-5-7-11-21/h5-15,24H,16-17H2,1-4H3,(H,28,31). The first-order chi connectivity index (χ1) is 16.6. The van der Waals surface area contributed by atoms with Crippen molar-refractivity contribution in [1.82, 2.24) is 5.32 Å². The van der Waals surface area contributed by atoms with Crippen LogP contribution in [-0.4, -0.2) is 33.3 Å². The zero-order valence-electron chi connectivity index (χ0n) is 20.3.